The highest BCUT2D eigenvalue weighted by atomic mass is 32.2. The largest absolute Gasteiger partial charge is 0.340 e. The number of hydrogen-bond acceptors (Lipinski definition) is 6. The van der Waals surface area contributed by atoms with Crippen LogP contribution in [0.3, 0.4) is 0 Å². The Labute approximate surface area is 135 Å². The summed E-state index contributed by atoms with van der Waals surface area (Å²) >= 11 is 0. The highest BCUT2D eigenvalue weighted by Crippen LogP contribution is 2.38. The number of aryl methyl sites for hydroxylation is 1. The molecule has 1 aliphatic carbocycles. The van der Waals surface area contributed by atoms with Crippen molar-refractivity contribution in [2.45, 2.75) is 49.8 Å². The number of nitrogens with zero attached hydrogens (tertiary/aromatic N) is 3. The first-order chi connectivity index (χ1) is 10.8. The number of urea groups is 1. The number of sulfone groups is 1. The van der Waals surface area contributed by atoms with Crippen molar-refractivity contribution in [1.82, 2.24) is 20.4 Å². The Morgan fingerprint density at radius 1 is 1.43 bits per heavy atom. The van der Waals surface area contributed by atoms with Crippen LogP contribution in [0.5, 0.6) is 0 Å². The number of carbonyl (C=O) groups is 1. The molecule has 1 aromatic heterocycles. The highest BCUT2D eigenvalue weighted by Gasteiger charge is 2.47. The second-order valence-electron chi connectivity index (χ2n) is 6.49. The molecule has 2 heterocycles. The van der Waals surface area contributed by atoms with Crippen LogP contribution in [0.1, 0.15) is 49.9 Å². The predicted octanol–water partition coefficient (Wildman–Crippen LogP) is 1.19. The monoisotopic (exact) mass is 342 g/mol. The Balaban J connectivity index is 1.66. The molecule has 8 nitrogen and oxygen atoms in total. The van der Waals surface area contributed by atoms with Crippen LogP contribution in [0.4, 0.5) is 4.79 Å². The molecule has 128 valence electrons. The number of likely N-dealkylation sites (tertiary alicyclic amines) is 1. The van der Waals surface area contributed by atoms with E-state index in [0.29, 0.717) is 31.1 Å². The maximum absolute atomic E-state index is 12.5. The van der Waals surface area contributed by atoms with Gasteiger partial charge in [0.25, 0.3) is 0 Å². The van der Waals surface area contributed by atoms with Crippen LogP contribution in [-0.4, -0.2) is 53.6 Å². The number of hydrogen-bond donors (Lipinski definition) is 1. The Kier molecular flexibility index (Phi) is 4.07. The van der Waals surface area contributed by atoms with Gasteiger partial charge in [-0.1, -0.05) is 11.6 Å². The molecule has 2 amide bonds. The highest BCUT2D eigenvalue weighted by molar-refractivity contribution is 7.92. The molecule has 2 aliphatic rings. The topological polar surface area (TPSA) is 105 Å². The lowest BCUT2D eigenvalue weighted by Gasteiger charge is -2.40. The SMILES string of the molecule is Cc1nc([C@@H]2CCCN2C(=O)NCC2(S(C)(=O)=O)CCC2)no1. The predicted molar refractivity (Wildman–Crippen MR) is 82.5 cm³/mol. The maximum atomic E-state index is 12.5. The van der Waals surface area contributed by atoms with Crippen LogP contribution in [0, 0.1) is 6.92 Å². The number of nitrogens with one attached hydrogen (secondary N) is 1. The lowest BCUT2D eigenvalue weighted by molar-refractivity contribution is 0.186. The minimum atomic E-state index is -3.18. The summed E-state index contributed by atoms with van der Waals surface area (Å²) in [5, 5.41) is 6.70. The van der Waals surface area contributed by atoms with E-state index in [-0.39, 0.29) is 18.6 Å². The van der Waals surface area contributed by atoms with Gasteiger partial charge in [-0.25, -0.2) is 13.2 Å². The van der Waals surface area contributed by atoms with Gasteiger partial charge in [0.1, 0.15) is 0 Å². The zero-order valence-electron chi connectivity index (χ0n) is 13.4. The molecule has 1 saturated carbocycles. The van der Waals surface area contributed by atoms with Crippen molar-refractivity contribution in [3.05, 3.63) is 11.7 Å². The fourth-order valence-electron chi connectivity index (χ4n) is 3.32. The molecule has 23 heavy (non-hydrogen) atoms. The molecule has 1 saturated heterocycles. The van der Waals surface area contributed by atoms with Crippen molar-refractivity contribution < 1.29 is 17.7 Å². The summed E-state index contributed by atoms with van der Waals surface area (Å²) in [6.45, 7) is 2.48. The summed E-state index contributed by atoms with van der Waals surface area (Å²) in [5.41, 5.74) is 0. The molecule has 1 N–H and O–H groups in total. The number of rotatable bonds is 4. The molecule has 3 rings (SSSR count). The Morgan fingerprint density at radius 3 is 2.70 bits per heavy atom. The van der Waals surface area contributed by atoms with Crippen LogP contribution in [0.15, 0.2) is 4.52 Å². The van der Waals surface area contributed by atoms with Gasteiger partial charge in [-0.05, 0) is 25.7 Å². The Bertz CT molecular complexity index is 695. The van der Waals surface area contributed by atoms with E-state index in [4.69, 9.17) is 4.52 Å². The van der Waals surface area contributed by atoms with E-state index in [1.165, 1.54) is 6.26 Å². The van der Waals surface area contributed by atoms with Crippen molar-refractivity contribution in [3.8, 4) is 0 Å². The summed E-state index contributed by atoms with van der Waals surface area (Å²) < 4.78 is 28.1. The first kappa shape index (κ1) is 16.2. The van der Waals surface area contributed by atoms with Crippen LogP contribution in [0.25, 0.3) is 0 Å². The Morgan fingerprint density at radius 2 is 2.17 bits per heavy atom. The standard InChI is InChI=1S/C14H22N4O4S/c1-10-16-12(17-22-10)11-5-3-8-18(11)13(19)15-9-14(6-4-7-14)23(2,20)21/h11H,3-9H2,1-2H3,(H,15,19)/t11-/m0/s1. The first-order valence-electron chi connectivity index (χ1n) is 7.87. The van der Waals surface area contributed by atoms with Gasteiger partial charge in [0.05, 0.1) is 10.8 Å². The van der Waals surface area contributed by atoms with Gasteiger partial charge in [-0.2, -0.15) is 4.98 Å². The minimum Gasteiger partial charge on any atom is -0.340 e. The molecule has 0 aromatic carbocycles. The van der Waals surface area contributed by atoms with Crippen molar-refractivity contribution in [2.24, 2.45) is 0 Å². The zero-order chi connectivity index (χ0) is 16.7. The van der Waals surface area contributed by atoms with Gasteiger partial charge in [0, 0.05) is 26.3 Å². The van der Waals surface area contributed by atoms with Crippen LogP contribution >= 0.6 is 0 Å². The second-order valence-corrected chi connectivity index (χ2v) is 8.90. The van der Waals surface area contributed by atoms with Gasteiger partial charge in [0.15, 0.2) is 15.7 Å². The van der Waals surface area contributed by atoms with E-state index >= 15 is 0 Å². The van der Waals surface area contributed by atoms with E-state index in [0.717, 1.165) is 19.3 Å². The second kappa shape index (κ2) is 5.77. The lowest BCUT2D eigenvalue weighted by Crippen LogP contribution is -2.55. The van der Waals surface area contributed by atoms with Crippen LogP contribution < -0.4 is 5.32 Å². The molecule has 1 aliphatic heterocycles. The number of aromatic nitrogens is 2. The molecule has 0 radical (unpaired) electrons. The van der Waals surface area contributed by atoms with Gasteiger partial charge < -0.3 is 14.7 Å². The third-order valence-electron chi connectivity index (χ3n) is 4.97. The van der Waals surface area contributed by atoms with Crippen molar-refractivity contribution in [3.63, 3.8) is 0 Å². The normalized spacial score (nSPS) is 23.6. The number of carbonyl (C=O) groups excluding carboxylic acids is 1. The summed E-state index contributed by atoms with van der Waals surface area (Å²) in [5.74, 6) is 0.981. The summed E-state index contributed by atoms with van der Waals surface area (Å²) in [6.07, 6.45) is 5.00. The van der Waals surface area contributed by atoms with Gasteiger partial charge in [0.2, 0.25) is 5.89 Å². The third kappa shape index (κ3) is 2.93. The maximum Gasteiger partial charge on any atom is 0.318 e. The summed E-state index contributed by atoms with van der Waals surface area (Å²) in [6, 6.07) is -0.465. The molecule has 1 aromatic rings. The van der Waals surface area contributed by atoms with E-state index < -0.39 is 14.6 Å². The number of amides is 2. The molecule has 2 fully saturated rings. The minimum absolute atomic E-state index is 0.166. The fourth-order valence-corrected chi connectivity index (χ4v) is 4.68. The van der Waals surface area contributed by atoms with E-state index in [9.17, 15) is 13.2 Å². The molecule has 9 heteroatoms. The fraction of sp³-hybridized carbons (Fsp3) is 0.786. The first-order valence-corrected chi connectivity index (χ1v) is 9.76. The molecular weight excluding hydrogens is 320 g/mol. The van der Waals surface area contributed by atoms with Gasteiger partial charge in [-0.15, -0.1) is 0 Å². The third-order valence-corrected chi connectivity index (χ3v) is 7.09. The molecule has 1 atom stereocenters. The Hall–Kier alpha value is -1.64. The van der Waals surface area contributed by atoms with E-state index in [1.54, 1.807) is 11.8 Å². The van der Waals surface area contributed by atoms with Crippen molar-refractivity contribution in [1.29, 1.82) is 0 Å². The average Bonchev–Trinajstić information content (AvgIpc) is 3.03. The summed E-state index contributed by atoms with van der Waals surface area (Å²) in [4.78, 5) is 18.4. The lowest BCUT2D eigenvalue weighted by atomic mass is 9.84. The molecule has 0 bridgehead atoms. The average molecular weight is 342 g/mol. The van der Waals surface area contributed by atoms with Gasteiger partial charge >= 0.3 is 6.03 Å². The molecule has 0 unspecified atom stereocenters. The van der Waals surface area contributed by atoms with E-state index in [1.807, 2.05) is 0 Å². The van der Waals surface area contributed by atoms with Crippen molar-refractivity contribution in [2.75, 3.05) is 19.3 Å². The molecule has 0 spiro atoms. The van der Waals surface area contributed by atoms with E-state index in [2.05, 4.69) is 15.5 Å². The molecular formula is C14H22N4O4S. The summed E-state index contributed by atoms with van der Waals surface area (Å²) in [7, 11) is -3.18. The van der Waals surface area contributed by atoms with Gasteiger partial charge in [-0.3, -0.25) is 0 Å². The quantitative estimate of drug-likeness (QED) is 0.881. The zero-order valence-corrected chi connectivity index (χ0v) is 14.2. The van der Waals surface area contributed by atoms with Crippen LogP contribution in [0.2, 0.25) is 0 Å². The smallest absolute Gasteiger partial charge is 0.318 e. The van der Waals surface area contributed by atoms with Crippen LogP contribution in [-0.2, 0) is 9.84 Å². The van der Waals surface area contributed by atoms with Crippen molar-refractivity contribution >= 4 is 15.9 Å².